The summed E-state index contributed by atoms with van der Waals surface area (Å²) < 4.78 is 0. The molecule has 8 bridgehead atoms. The van der Waals surface area contributed by atoms with E-state index in [1.807, 2.05) is 78.9 Å². The summed E-state index contributed by atoms with van der Waals surface area (Å²) >= 11 is 0. The Morgan fingerprint density at radius 1 is 0.275 bits per heavy atom. The molecular weight excluding hydrogens is 1650 g/mol. The molecule has 1 aliphatic carbocycles. The topological polar surface area (TPSA) is 453 Å². The van der Waals surface area contributed by atoms with Crippen molar-refractivity contribution in [2.45, 2.75) is 332 Å². The maximum atomic E-state index is 13.1. The molecule has 2 aromatic carbocycles. The number of nitrogens with two attached hydrogens (primary N) is 4. The van der Waals surface area contributed by atoms with Gasteiger partial charge in [-0.3, -0.25) is 43.3 Å². The van der Waals surface area contributed by atoms with Gasteiger partial charge in [-0.2, -0.15) is 0 Å². The number of hydrogen-bond donors (Lipinski definition) is 12. The molecule has 1 saturated carbocycles. The van der Waals surface area contributed by atoms with Gasteiger partial charge >= 0.3 is 0 Å². The molecule has 5 aliphatic rings. The zero-order valence-electron chi connectivity index (χ0n) is 78.0. The number of amides is 4. The second-order valence-electron chi connectivity index (χ2n) is 35.8. The number of fused-ring (bicyclic) bond motifs is 8. The van der Waals surface area contributed by atoms with Gasteiger partial charge in [-0.05, 0) is 177 Å². The van der Waals surface area contributed by atoms with Crippen LogP contribution in [0.2, 0.25) is 0 Å². The molecule has 7 aromatic rings. The van der Waals surface area contributed by atoms with Gasteiger partial charge in [0, 0.05) is 115 Å². The summed E-state index contributed by atoms with van der Waals surface area (Å²) in [5, 5.41) is 25.0. The number of nitrogens with one attached hydrogen (secondary N) is 8. The van der Waals surface area contributed by atoms with Gasteiger partial charge in [-0.15, -0.1) is 0 Å². The van der Waals surface area contributed by atoms with Crippen molar-refractivity contribution in [1.29, 1.82) is 0 Å². The molecule has 0 unspecified atom stereocenters. The van der Waals surface area contributed by atoms with Crippen LogP contribution in [0.3, 0.4) is 0 Å². The van der Waals surface area contributed by atoms with Gasteiger partial charge in [0.2, 0.25) is 47.4 Å². The van der Waals surface area contributed by atoms with Gasteiger partial charge in [0.25, 0.3) is 0 Å². The van der Waals surface area contributed by atoms with Crippen LogP contribution in [-0.4, -0.2) is 168 Å². The smallest absolute Gasteiger partial charge is 0.236 e. The van der Waals surface area contributed by atoms with Crippen LogP contribution in [-0.2, 0) is 64.1 Å². The van der Waals surface area contributed by atoms with Crippen molar-refractivity contribution in [3.05, 3.63) is 172 Å². The lowest BCUT2D eigenvalue weighted by atomic mass is 9.84. The van der Waals surface area contributed by atoms with E-state index in [0.717, 1.165) is 265 Å². The van der Waals surface area contributed by atoms with Crippen LogP contribution in [0.5, 0.6) is 0 Å². The third kappa shape index (κ3) is 41.0. The quantitative estimate of drug-likeness (QED) is 0.0424. The monoisotopic (exact) mass is 1800 g/mol. The molecule has 0 radical (unpaired) electrons. The van der Waals surface area contributed by atoms with Crippen LogP contribution in [0.25, 0.3) is 0 Å². The Hall–Kier alpha value is -10.5. The number of carbonyl (C=O) groups is 8. The third-order valence-corrected chi connectivity index (χ3v) is 25.0. The fourth-order valence-corrected chi connectivity index (χ4v) is 16.9. The van der Waals surface area contributed by atoms with Gasteiger partial charge in [0.15, 0.2) is 23.1 Å². The number of pyridine rings is 1. The van der Waals surface area contributed by atoms with E-state index in [-0.39, 0.29) is 46.8 Å². The Morgan fingerprint density at radius 3 is 0.832 bits per heavy atom. The molecule has 0 spiro atoms. The highest BCUT2D eigenvalue weighted by atomic mass is 16.2. The lowest BCUT2D eigenvalue weighted by Gasteiger charge is -2.21. The molecule has 12 rings (SSSR count). The van der Waals surface area contributed by atoms with Crippen LogP contribution in [0.15, 0.2) is 110 Å². The summed E-state index contributed by atoms with van der Waals surface area (Å²) in [4.78, 5) is 141. The fourth-order valence-electron chi connectivity index (χ4n) is 16.9. The van der Waals surface area contributed by atoms with E-state index in [1.165, 1.54) is 19.3 Å². The minimum atomic E-state index is -0.456. The van der Waals surface area contributed by atoms with Crippen LogP contribution >= 0.6 is 0 Å². The number of anilines is 4. The van der Waals surface area contributed by atoms with Crippen molar-refractivity contribution < 1.29 is 38.4 Å². The SMILES string of the molecule is N[C@H]1CCCCCc2nc(ncc2C(=O)CC2CCCCC2)NCCCCCCNC1=O.N[C@H]1CCCCCc2nc(ncc2C(=O)CCc2ccccc2)NCCCCCCNC1=O.N[C@H]1CCCCCc2nc(ncc2C(=O)CCc2ccccc2)NCCCCCCNC1=O.N[C@H]1CCCCCc2nc(ncc2C(=O)CCc2ccccn2)NCCCCCCNC1=O. The molecule has 0 saturated heterocycles. The highest BCUT2D eigenvalue weighted by molar-refractivity contribution is 5.99. The minimum absolute atomic E-state index is 0.0381. The molecule has 9 heterocycles. The van der Waals surface area contributed by atoms with E-state index in [1.54, 1.807) is 31.0 Å². The molecule has 29 heteroatoms. The van der Waals surface area contributed by atoms with Crippen molar-refractivity contribution in [2.75, 3.05) is 73.6 Å². The van der Waals surface area contributed by atoms with Crippen molar-refractivity contribution in [2.24, 2.45) is 28.9 Å². The Bertz CT molecular complexity index is 4180. The van der Waals surface area contributed by atoms with Gasteiger partial charge in [-0.1, -0.05) is 202 Å². The summed E-state index contributed by atoms with van der Waals surface area (Å²) in [7, 11) is 0. The molecule has 4 aliphatic heterocycles. The second-order valence-corrected chi connectivity index (χ2v) is 35.8. The first-order valence-corrected chi connectivity index (χ1v) is 49.7. The molecule has 16 N–H and O–H groups in total. The van der Waals surface area contributed by atoms with Crippen molar-refractivity contribution in [1.82, 2.24) is 66.1 Å². The molecule has 131 heavy (non-hydrogen) atoms. The second kappa shape index (κ2) is 62.0. The predicted octanol–water partition coefficient (Wildman–Crippen LogP) is 15.0. The molecule has 1 fully saturated rings. The van der Waals surface area contributed by atoms with E-state index in [0.29, 0.717) is 168 Å². The third-order valence-electron chi connectivity index (χ3n) is 25.0. The number of rotatable bonds is 15. The number of ketones is 4. The van der Waals surface area contributed by atoms with E-state index in [4.69, 9.17) is 42.9 Å². The maximum Gasteiger partial charge on any atom is 0.236 e. The van der Waals surface area contributed by atoms with Gasteiger partial charge in [0.1, 0.15) is 0 Å². The maximum absolute atomic E-state index is 13.1. The number of aromatic nitrogens is 9. The van der Waals surface area contributed by atoms with Crippen molar-refractivity contribution >= 4 is 70.6 Å². The summed E-state index contributed by atoms with van der Waals surface area (Å²) in [6.07, 6.45) is 51.3. The number of aryl methyl sites for hydroxylation is 7. The summed E-state index contributed by atoms with van der Waals surface area (Å²) in [6, 6.07) is 24.0. The highest BCUT2D eigenvalue weighted by Crippen LogP contribution is 2.30. The van der Waals surface area contributed by atoms with Gasteiger partial charge in [-0.25, -0.2) is 39.9 Å². The Kier molecular flexibility index (Phi) is 49.3. The first-order valence-electron chi connectivity index (χ1n) is 49.7. The Labute approximate surface area is 777 Å². The van der Waals surface area contributed by atoms with Crippen LogP contribution in [0.1, 0.15) is 344 Å². The lowest BCUT2D eigenvalue weighted by Crippen LogP contribution is -2.40. The number of nitrogens with zero attached hydrogens (tertiary/aromatic N) is 9. The average Bonchev–Trinajstić information content (AvgIpc) is 0.824. The van der Waals surface area contributed by atoms with Crippen molar-refractivity contribution in [3.63, 3.8) is 0 Å². The van der Waals surface area contributed by atoms with E-state index < -0.39 is 24.2 Å². The molecule has 4 atom stereocenters. The molecule has 29 nitrogen and oxygen atoms in total. The fraction of sp³-hybridized carbons (Fsp3) is 0.598. The first kappa shape index (κ1) is 104. The number of benzene rings is 2. The molecular formula is C102H151N21O8. The Morgan fingerprint density at radius 2 is 0.534 bits per heavy atom. The highest BCUT2D eigenvalue weighted by Gasteiger charge is 2.25. The van der Waals surface area contributed by atoms with Crippen LogP contribution in [0, 0.1) is 5.92 Å². The molecule has 712 valence electrons. The number of hydrogen-bond acceptors (Lipinski definition) is 25. The van der Waals surface area contributed by atoms with Crippen molar-refractivity contribution in [3.8, 4) is 0 Å². The van der Waals surface area contributed by atoms with Crippen LogP contribution in [0.4, 0.5) is 23.8 Å². The van der Waals surface area contributed by atoms with E-state index in [2.05, 4.69) is 67.5 Å². The largest absolute Gasteiger partial charge is 0.355 e. The van der Waals surface area contributed by atoms with E-state index in [9.17, 15) is 38.4 Å². The summed E-state index contributed by atoms with van der Waals surface area (Å²) in [5.41, 5.74) is 33.2. The zero-order valence-corrected chi connectivity index (χ0v) is 78.0. The predicted molar refractivity (Wildman–Crippen MR) is 519 cm³/mol. The number of carbonyl (C=O) groups excluding carboxylic acids is 8. The van der Waals surface area contributed by atoms with Gasteiger partial charge in [0.05, 0.1) is 69.2 Å². The van der Waals surface area contributed by atoms with Gasteiger partial charge < -0.3 is 65.5 Å². The molecule has 5 aromatic heterocycles. The summed E-state index contributed by atoms with van der Waals surface area (Å²) in [6.45, 7) is 5.93. The summed E-state index contributed by atoms with van der Waals surface area (Å²) in [5.74, 6) is 3.13. The normalized spacial score (nSPS) is 19.9. The average molecular weight is 1800 g/mol. The first-order chi connectivity index (χ1) is 64.0. The lowest BCUT2D eigenvalue weighted by molar-refractivity contribution is -0.123. The van der Waals surface area contributed by atoms with E-state index >= 15 is 0 Å². The zero-order chi connectivity index (χ0) is 92.5. The minimum Gasteiger partial charge on any atom is -0.355 e. The number of Topliss-reactive ketones (excluding diaryl/α,β-unsaturated/α-hetero) is 4. The van der Waals surface area contributed by atoms with Crippen LogP contribution < -0.4 is 65.5 Å². The Balaban J connectivity index is 0.000000197. The molecule has 4 amide bonds. The standard InChI is InChI=1S/2C26H37N5O2.C25H36N6O2.C25H41N5O2/c2*27-22-13-7-4-8-14-23-21(24(32)16-15-20-11-5-3-6-12-20)19-30-26(31-23)29-18-10-2-1-9-17-28-25(22)33;26-21-11-4-3-5-12-22-20(23(32)14-13-19-10-6-9-15-27-19)18-30-25(31-22)29-17-8-2-1-7-16-28-24(21)33;26-21-13-7-4-8-14-22-20(23(31)17-19-11-5-3-6-12-19)18-29-25(30-22)28-16-10-2-1-9-15-27-24(21)32/h2*3,5-6,11-12,19,22H,1-2,4,7-10,13-18,27H2,(H,28,33)(H,29,30,31);6,9-10,15,18,21H,1-5,7-8,11-14,16-17,26H2,(H,28,33)(H,29,30,31);18-19,21H,1-17,26H2,(H,27,32)(H,28,29,30)/t2*22-;2*21-/m0000/s1.